The van der Waals surface area contributed by atoms with Gasteiger partial charge in [-0.15, -0.1) is 5.11 Å². The van der Waals surface area contributed by atoms with Crippen LogP contribution in [0.4, 0.5) is 17.1 Å². The van der Waals surface area contributed by atoms with Gasteiger partial charge in [-0.3, -0.25) is 4.79 Å². The number of anilines is 1. The van der Waals surface area contributed by atoms with Crippen molar-refractivity contribution in [2.24, 2.45) is 16.0 Å². The third-order valence-corrected chi connectivity index (χ3v) is 5.07. The quantitative estimate of drug-likeness (QED) is 0.300. The fraction of sp³-hybridized carbons (Fsp3) is 0.364. The fourth-order valence-corrected chi connectivity index (χ4v) is 3.12. The second-order valence-electron chi connectivity index (χ2n) is 6.64. The lowest BCUT2D eigenvalue weighted by Gasteiger charge is -2.11. The predicted octanol–water partition coefficient (Wildman–Crippen LogP) is 3.95. The van der Waals surface area contributed by atoms with Gasteiger partial charge in [0.15, 0.2) is 0 Å². The van der Waals surface area contributed by atoms with E-state index in [-0.39, 0.29) is 19.2 Å². The van der Waals surface area contributed by atoms with Crippen LogP contribution < -0.4 is 10.6 Å². The summed E-state index contributed by atoms with van der Waals surface area (Å²) in [7, 11) is 3.92. The number of esters is 2. The molecule has 0 amide bonds. The van der Waals surface area contributed by atoms with Crippen molar-refractivity contribution in [1.29, 1.82) is 0 Å². The molecule has 0 aliphatic heterocycles. The number of carbonyl (C=O) groups is 2. The molecule has 8 nitrogen and oxygen atoms in total. The largest absolute Gasteiger partial charge is 0.462 e. The van der Waals surface area contributed by atoms with Gasteiger partial charge in [-0.1, -0.05) is 12.1 Å². The average molecular weight is 445 g/mol. The molecule has 31 heavy (non-hydrogen) atoms. The zero-order valence-corrected chi connectivity index (χ0v) is 18.6. The maximum absolute atomic E-state index is 12.4. The topological polar surface area (TPSA) is 107 Å². The predicted molar refractivity (Wildman–Crippen MR) is 124 cm³/mol. The van der Waals surface area contributed by atoms with Gasteiger partial charge in [-0.2, -0.15) is 16.9 Å². The van der Waals surface area contributed by atoms with Crippen LogP contribution in [0.5, 0.6) is 0 Å². The van der Waals surface area contributed by atoms with Crippen LogP contribution in [0.25, 0.3) is 0 Å². The lowest BCUT2D eigenvalue weighted by atomic mass is 10.2. The van der Waals surface area contributed by atoms with Crippen LogP contribution in [0, 0.1) is 0 Å². The molecular weight excluding hydrogens is 416 g/mol. The lowest BCUT2D eigenvalue weighted by molar-refractivity contribution is -0.144. The van der Waals surface area contributed by atoms with Gasteiger partial charge in [0.05, 0.1) is 17.7 Å². The first kappa shape index (κ1) is 24.4. The van der Waals surface area contributed by atoms with Gasteiger partial charge in [0.1, 0.15) is 18.9 Å². The molecule has 0 unspecified atom stereocenters. The van der Waals surface area contributed by atoms with Gasteiger partial charge in [0.2, 0.25) is 0 Å². The summed E-state index contributed by atoms with van der Waals surface area (Å²) in [5.74, 6) is 0.594. The summed E-state index contributed by atoms with van der Waals surface area (Å²) in [6.07, 6.45) is 0.303. The van der Waals surface area contributed by atoms with Crippen LogP contribution >= 0.6 is 11.8 Å². The summed E-state index contributed by atoms with van der Waals surface area (Å²) < 4.78 is 10.3. The summed E-state index contributed by atoms with van der Waals surface area (Å²) in [6, 6.07) is 14.4. The van der Waals surface area contributed by atoms with Crippen LogP contribution in [0.3, 0.4) is 0 Å². The van der Waals surface area contributed by atoms with Gasteiger partial charge in [-0.05, 0) is 36.4 Å². The van der Waals surface area contributed by atoms with E-state index < -0.39 is 5.97 Å². The first-order valence-corrected chi connectivity index (χ1v) is 11.1. The first-order valence-electron chi connectivity index (χ1n) is 9.90. The molecule has 0 aliphatic carbocycles. The molecule has 0 bridgehead atoms. The number of hydrogen-bond donors (Lipinski definition) is 1. The normalized spacial score (nSPS) is 10.8. The zero-order chi connectivity index (χ0) is 22.5. The molecule has 0 spiro atoms. The maximum atomic E-state index is 12.4. The second-order valence-corrected chi connectivity index (χ2v) is 7.86. The summed E-state index contributed by atoms with van der Waals surface area (Å²) in [4.78, 5) is 26.0. The van der Waals surface area contributed by atoms with Crippen molar-refractivity contribution < 1.29 is 19.1 Å². The number of nitrogens with two attached hydrogens (primary N) is 1. The molecule has 0 heterocycles. The van der Waals surface area contributed by atoms with Crippen LogP contribution in [0.2, 0.25) is 0 Å². The Kier molecular flexibility index (Phi) is 10.5. The number of ether oxygens (including phenoxy) is 2. The molecule has 0 saturated heterocycles. The Balaban J connectivity index is 1.85. The standard InChI is InChI=1S/C22H28N4O4S/c1-26(2)18-9-7-17(8-10-18)24-25-20-6-4-3-5-19(20)22(28)30-14-13-29-21(27)11-15-31-16-12-23/h3-10H,11-16,23H2,1-2H3. The van der Waals surface area contributed by atoms with Gasteiger partial charge < -0.3 is 20.1 Å². The van der Waals surface area contributed by atoms with E-state index in [0.29, 0.717) is 35.7 Å². The Morgan fingerprint density at radius 1 is 0.968 bits per heavy atom. The van der Waals surface area contributed by atoms with E-state index in [9.17, 15) is 9.59 Å². The van der Waals surface area contributed by atoms with Crippen LogP contribution in [-0.4, -0.2) is 57.3 Å². The summed E-state index contributed by atoms with van der Waals surface area (Å²) in [6.45, 7) is 0.561. The van der Waals surface area contributed by atoms with Gasteiger partial charge >= 0.3 is 11.9 Å². The van der Waals surface area contributed by atoms with E-state index in [2.05, 4.69) is 10.2 Å². The molecule has 166 valence electrons. The second kappa shape index (κ2) is 13.4. The van der Waals surface area contributed by atoms with E-state index in [1.807, 2.05) is 43.3 Å². The number of thioether (sulfide) groups is 1. The number of carbonyl (C=O) groups excluding carboxylic acids is 2. The molecule has 0 saturated carbocycles. The number of hydrogen-bond acceptors (Lipinski definition) is 9. The van der Waals surface area contributed by atoms with E-state index in [4.69, 9.17) is 15.2 Å². The molecule has 2 N–H and O–H groups in total. The summed E-state index contributed by atoms with van der Waals surface area (Å²) in [5, 5.41) is 8.39. The number of nitrogens with zero attached hydrogens (tertiary/aromatic N) is 3. The Hall–Kier alpha value is -2.91. The molecule has 0 aromatic heterocycles. The number of azo groups is 1. The van der Waals surface area contributed by atoms with Crippen molar-refractivity contribution >= 4 is 40.8 Å². The molecular formula is C22H28N4O4S. The Labute approximate surface area is 186 Å². The number of benzene rings is 2. The van der Waals surface area contributed by atoms with Crippen molar-refractivity contribution in [1.82, 2.24) is 0 Å². The van der Waals surface area contributed by atoms with Crippen molar-refractivity contribution in [3.8, 4) is 0 Å². The minimum Gasteiger partial charge on any atom is -0.462 e. The third kappa shape index (κ3) is 8.77. The van der Waals surface area contributed by atoms with Crippen molar-refractivity contribution in [2.75, 3.05) is 50.3 Å². The minimum absolute atomic E-state index is 0.00797. The monoisotopic (exact) mass is 444 g/mol. The minimum atomic E-state index is -0.549. The molecule has 0 fully saturated rings. The first-order chi connectivity index (χ1) is 15.0. The van der Waals surface area contributed by atoms with Crippen molar-refractivity contribution in [2.45, 2.75) is 6.42 Å². The Bertz CT molecular complexity index is 872. The van der Waals surface area contributed by atoms with Crippen LogP contribution in [0.15, 0.2) is 58.8 Å². The smallest absolute Gasteiger partial charge is 0.340 e. The highest BCUT2D eigenvalue weighted by Gasteiger charge is 2.13. The highest BCUT2D eigenvalue weighted by atomic mass is 32.2. The van der Waals surface area contributed by atoms with Gasteiger partial charge in [0, 0.05) is 37.8 Å². The van der Waals surface area contributed by atoms with Gasteiger partial charge in [0.25, 0.3) is 0 Å². The molecule has 9 heteroatoms. The molecule has 2 rings (SSSR count). The zero-order valence-electron chi connectivity index (χ0n) is 17.8. The van der Waals surface area contributed by atoms with Crippen LogP contribution in [-0.2, 0) is 14.3 Å². The van der Waals surface area contributed by atoms with Gasteiger partial charge in [-0.25, -0.2) is 4.79 Å². The molecule has 2 aromatic rings. The summed E-state index contributed by atoms with van der Waals surface area (Å²) >= 11 is 1.60. The lowest BCUT2D eigenvalue weighted by Crippen LogP contribution is -2.14. The molecule has 0 radical (unpaired) electrons. The summed E-state index contributed by atoms with van der Waals surface area (Å²) in [5.41, 5.74) is 7.81. The average Bonchev–Trinajstić information content (AvgIpc) is 2.78. The SMILES string of the molecule is CN(C)c1ccc(N=Nc2ccccc2C(=O)OCCOC(=O)CCSCCN)cc1. The highest BCUT2D eigenvalue weighted by molar-refractivity contribution is 7.99. The van der Waals surface area contributed by atoms with E-state index in [0.717, 1.165) is 11.4 Å². The van der Waals surface area contributed by atoms with E-state index in [1.165, 1.54) is 0 Å². The molecule has 0 aliphatic rings. The van der Waals surface area contributed by atoms with Crippen molar-refractivity contribution in [3.05, 3.63) is 54.1 Å². The highest BCUT2D eigenvalue weighted by Crippen LogP contribution is 2.24. The van der Waals surface area contributed by atoms with E-state index >= 15 is 0 Å². The Morgan fingerprint density at radius 2 is 1.68 bits per heavy atom. The molecule has 2 aromatic carbocycles. The van der Waals surface area contributed by atoms with Crippen molar-refractivity contribution in [3.63, 3.8) is 0 Å². The maximum Gasteiger partial charge on any atom is 0.340 e. The van der Waals surface area contributed by atoms with Crippen LogP contribution in [0.1, 0.15) is 16.8 Å². The number of rotatable bonds is 12. The fourth-order valence-electron chi connectivity index (χ4n) is 2.44. The van der Waals surface area contributed by atoms with E-state index in [1.54, 1.807) is 36.0 Å². The third-order valence-electron chi connectivity index (χ3n) is 4.06. The molecule has 0 atom stereocenters. The Morgan fingerprint density at radius 3 is 2.39 bits per heavy atom.